The van der Waals surface area contributed by atoms with Gasteiger partial charge in [-0.05, 0) is 24.2 Å². The lowest BCUT2D eigenvalue weighted by Gasteiger charge is -2.29. The van der Waals surface area contributed by atoms with E-state index in [4.69, 9.17) is 4.74 Å². The third-order valence-electron chi connectivity index (χ3n) is 4.32. The fourth-order valence-electron chi connectivity index (χ4n) is 3.61. The third-order valence-corrected chi connectivity index (χ3v) is 4.32. The lowest BCUT2D eigenvalue weighted by molar-refractivity contribution is 0.00881. The van der Waals surface area contributed by atoms with E-state index >= 15 is 0 Å². The summed E-state index contributed by atoms with van der Waals surface area (Å²) in [4.78, 5) is 0. The largest absolute Gasteiger partial charge is 0.374 e. The molecule has 14 heavy (non-hydrogen) atoms. The minimum Gasteiger partial charge on any atom is -0.374 e. The summed E-state index contributed by atoms with van der Waals surface area (Å²) in [6.45, 7) is 3.95. The van der Waals surface area contributed by atoms with Crippen LogP contribution in [0.3, 0.4) is 0 Å². The Morgan fingerprint density at radius 2 is 2.14 bits per heavy atom. The predicted molar refractivity (Wildman–Crippen MR) is 56.8 cm³/mol. The van der Waals surface area contributed by atoms with Crippen molar-refractivity contribution in [3.8, 4) is 0 Å². The van der Waals surface area contributed by atoms with E-state index in [1.165, 1.54) is 0 Å². The summed E-state index contributed by atoms with van der Waals surface area (Å²) < 4.78 is 5.71. The van der Waals surface area contributed by atoms with Crippen LogP contribution in [0.4, 0.5) is 0 Å². The van der Waals surface area contributed by atoms with Gasteiger partial charge in [-0.25, -0.2) is 0 Å². The Balaban J connectivity index is 2.04. The molecule has 3 aliphatic carbocycles. The maximum absolute atomic E-state index is 5.71. The topological polar surface area (TPSA) is 9.23 Å². The molecule has 0 heterocycles. The molecule has 0 aliphatic heterocycles. The molecule has 0 aromatic rings. The molecule has 1 heteroatoms. The zero-order chi connectivity index (χ0) is 9.76. The molecule has 1 saturated carbocycles. The van der Waals surface area contributed by atoms with Crippen LogP contribution in [-0.4, -0.2) is 12.7 Å². The van der Waals surface area contributed by atoms with Crippen molar-refractivity contribution in [1.29, 1.82) is 0 Å². The molecule has 0 aromatic carbocycles. The minimum absolute atomic E-state index is 0.0919. The summed E-state index contributed by atoms with van der Waals surface area (Å²) in [5, 5.41) is 0. The van der Waals surface area contributed by atoms with Crippen molar-refractivity contribution in [2.45, 2.75) is 12.0 Å². The number of hydrogen-bond donors (Lipinski definition) is 0. The van der Waals surface area contributed by atoms with Crippen LogP contribution in [0.1, 0.15) is 6.42 Å². The van der Waals surface area contributed by atoms with Crippen molar-refractivity contribution >= 4 is 0 Å². The highest BCUT2D eigenvalue weighted by atomic mass is 16.5. The number of methoxy groups -OCH3 is 1. The molecule has 74 valence electrons. The second-order valence-electron chi connectivity index (χ2n) is 4.68. The van der Waals surface area contributed by atoms with Crippen molar-refractivity contribution in [1.82, 2.24) is 0 Å². The summed E-state index contributed by atoms with van der Waals surface area (Å²) in [6, 6.07) is 0. The maximum Gasteiger partial charge on any atom is 0.0927 e. The highest BCUT2D eigenvalue weighted by molar-refractivity contribution is 5.31. The first kappa shape index (κ1) is 8.49. The van der Waals surface area contributed by atoms with Gasteiger partial charge < -0.3 is 4.74 Å². The molecular formula is C13H16O. The Kier molecular flexibility index (Phi) is 1.58. The van der Waals surface area contributed by atoms with E-state index in [-0.39, 0.29) is 5.60 Å². The Morgan fingerprint density at radius 3 is 2.86 bits per heavy atom. The van der Waals surface area contributed by atoms with E-state index in [9.17, 15) is 0 Å². The van der Waals surface area contributed by atoms with Crippen LogP contribution in [0.5, 0.6) is 0 Å². The Bertz CT molecular complexity index is 328. The third kappa shape index (κ3) is 0.795. The second-order valence-corrected chi connectivity index (χ2v) is 4.68. The lowest BCUT2D eigenvalue weighted by atomic mass is 9.85. The van der Waals surface area contributed by atoms with Crippen molar-refractivity contribution in [3.05, 3.63) is 37.0 Å². The van der Waals surface area contributed by atoms with E-state index in [2.05, 4.69) is 30.9 Å². The van der Waals surface area contributed by atoms with Crippen molar-refractivity contribution < 1.29 is 4.74 Å². The molecule has 0 N–H and O–H groups in total. The molecule has 0 unspecified atom stereocenters. The van der Waals surface area contributed by atoms with Crippen LogP contribution in [0.25, 0.3) is 0 Å². The van der Waals surface area contributed by atoms with Crippen LogP contribution in [-0.2, 0) is 4.74 Å². The van der Waals surface area contributed by atoms with Crippen LogP contribution in [0.15, 0.2) is 37.0 Å². The number of allylic oxidation sites excluding steroid dienone is 3. The van der Waals surface area contributed by atoms with E-state index < -0.39 is 0 Å². The zero-order valence-corrected chi connectivity index (χ0v) is 8.52. The number of rotatable bonds is 2. The fourth-order valence-corrected chi connectivity index (χ4v) is 3.61. The molecular weight excluding hydrogens is 172 g/mol. The number of hydrogen-bond acceptors (Lipinski definition) is 1. The van der Waals surface area contributed by atoms with E-state index in [0.29, 0.717) is 17.8 Å². The van der Waals surface area contributed by atoms with Gasteiger partial charge in [-0.15, -0.1) is 6.58 Å². The molecule has 1 nitrogen and oxygen atoms in total. The van der Waals surface area contributed by atoms with E-state index in [1.54, 1.807) is 0 Å². The van der Waals surface area contributed by atoms with Gasteiger partial charge in [0.1, 0.15) is 0 Å². The average Bonchev–Trinajstić information content (AvgIpc) is 2.85. The summed E-state index contributed by atoms with van der Waals surface area (Å²) >= 11 is 0. The van der Waals surface area contributed by atoms with Gasteiger partial charge in [-0.2, -0.15) is 0 Å². The molecule has 3 aliphatic rings. The van der Waals surface area contributed by atoms with Crippen LogP contribution < -0.4 is 0 Å². The first-order valence-corrected chi connectivity index (χ1v) is 5.36. The molecule has 0 bridgehead atoms. The van der Waals surface area contributed by atoms with Gasteiger partial charge in [-0.3, -0.25) is 0 Å². The van der Waals surface area contributed by atoms with Crippen molar-refractivity contribution in [3.63, 3.8) is 0 Å². The highest BCUT2D eigenvalue weighted by Gasteiger charge is 2.55. The van der Waals surface area contributed by atoms with Crippen molar-refractivity contribution in [2.75, 3.05) is 7.11 Å². The first-order chi connectivity index (χ1) is 6.80. The van der Waals surface area contributed by atoms with Crippen molar-refractivity contribution in [2.24, 2.45) is 23.7 Å². The Labute approximate surface area is 85.1 Å². The Morgan fingerprint density at radius 1 is 1.36 bits per heavy atom. The molecule has 0 radical (unpaired) electrons. The fraction of sp³-hybridized carbons (Fsp3) is 0.538. The van der Waals surface area contributed by atoms with Gasteiger partial charge in [0, 0.05) is 13.0 Å². The Hall–Kier alpha value is -0.820. The number of ether oxygens (including phenoxy) is 1. The SMILES string of the molecule is C=C[C@]1(OC)C[C@@H]2C=C[C@@H]3C=C[C@@H]1[C@@H]32. The van der Waals surface area contributed by atoms with Gasteiger partial charge in [0.25, 0.3) is 0 Å². The molecule has 1 fully saturated rings. The normalized spacial score (nSPS) is 52.6. The maximum atomic E-state index is 5.71. The van der Waals surface area contributed by atoms with Gasteiger partial charge in [0.2, 0.25) is 0 Å². The smallest absolute Gasteiger partial charge is 0.0927 e. The summed E-state index contributed by atoms with van der Waals surface area (Å²) in [6.07, 6.45) is 12.5. The minimum atomic E-state index is -0.0919. The van der Waals surface area contributed by atoms with Crippen LogP contribution >= 0.6 is 0 Å². The average molecular weight is 188 g/mol. The van der Waals surface area contributed by atoms with E-state index in [1.807, 2.05) is 13.2 Å². The van der Waals surface area contributed by atoms with Gasteiger partial charge >= 0.3 is 0 Å². The quantitative estimate of drug-likeness (QED) is 0.605. The van der Waals surface area contributed by atoms with Gasteiger partial charge in [0.15, 0.2) is 0 Å². The summed E-state index contributed by atoms with van der Waals surface area (Å²) in [5.41, 5.74) is -0.0919. The monoisotopic (exact) mass is 188 g/mol. The predicted octanol–water partition coefficient (Wildman–Crippen LogP) is 2.57. The van der Waals surface area contributed by atoms with E-state index in [0.717, 1.165) is 12.3 Å². The van der Waals surface area contributed by atoms with Crippen LogP contribution in [0.2, 0.25) is 0 Å². The first-order valence-electron chi connectivity index (χ1n) is 5.36. The summed E-state index contributed by atoms with van der Waals surface area (Å²) in [7, 11) is 1.81. The summed E-state index contributed by atoms with van der Waals surface area (Å²) in [5.74, 6) is 2.68. The molecule has 0 saturated heterocycles. The second kappa shape index (κ2) is 2.60. The van der Waals surface area contributed by atoms with Gasteiger partial charge in [-0.1, -0.05) is 30.4 Å². The molecule has 0 amide bonds. The zero-order valence-electron chi connectivity index (χ0n) is 8.52. The molecule has 0 spiro atoms. The molecule has 3 rings (SSSR count). The van der Waals surface area contributed by atoms with Crippen LogP contribution in [0, 0.1) is 23.7 Å². The molecule has 5 atom stereocenters. The molecule has 0 aromatic heterocycles. The highest BCUT2D eigenvalue weighted by Crippen LogP contribution is 2.57. The van der Waals surface area contributed by atoms with Gasteiger partial charge in [0.05, 0.1) is 5.60 Å². The standard InChI is InChI=1S/C13H16O/c1-3-13(14-2)8-10-5-4-9-6-7-11(13)12(9)10/h3-7,9-12H,1,8H2,2H3/t9-,10+,11-,12+,13+/m1/s1. The lowest BCUT2D eigenvalue weighted by Crippen LogP contribution is -2.33.